The number of thiophene rings is 1. The van der Waals surface area contributed by atoms with Crippen molar-refractivity contribution in [1.82, 2.24) is 0 Å². The van der Waals surface area contributed by atoms with Gasteiger partial charge >= 0.3 is 0 Å². The van der Waals surface area contributed by atoms with Crippen molar-refractivity contribution in [3.63, 3.8) is 0 Å². The maximum Gasteiger partial charge on any atom is 0.109 e. The van der Waals surface area contributed by atoms with E-state index in [1.165, 1.54) is 4.70 Å². The lowest BCUT2D eigenvalue weighted by atomic mass is 10.1. The van der Waals surface area contributed by atoms with Crippen LogP contribution in [0.5, 0.6) is 0 Å². The van der Waals surface area contributed by atoms with E-state index in [2.05, 4.69) is 0 Å². The van der Waals surface area contributed by atoms with E-state index in [-0.39, 0.29) is 0 Å². The summed E-state index contributed by atoms with van der Waals surface area (Å²) < 4.78 is 13.5. The summed E-state index contributed by atoms with van der Waals surface area (Å²) in [6.45, 7) is -0.499. The van der Waals surface area contributed by atoms with E-state index < -0.39 is 12.7 Å². The largest absolute Gasteiger partial charge is 0.322 e. The molecule has 1 aromatic heterocycles. The van der Waals surface area contributed by atoms with E-state index >= 15 is 0 Å². The molecule has 1 aromatic carbocycles. The van der Waals surface area contributed by atoms with Crippen molar-refractivity contribution in [1.29, 1.82) is 0 Å². The zero-order chi connectivity index (χ0) is 9.26. The summed E-state index contributed by atoms with van der Waals surface area (Å²) in [5.74, 6) is 0. The molecule has 68 valence electrons. The molecule has 2 rings (SSSR count). The van der Waals surface area contributed by atoms with Crippen molar-refractivity contribution in [2.75, 3.05) is 6.67 Å². The molecule has 0 aliphatic rings. The van der Waals surface area contributed by atoms with E-state index in [1.807, 2.05) is 29.6 Å². The molecule has 1 heterocycles. The van der Waals surface area contributed by atoms with Crippen LogP contribution in [0.3, 0.4) is 0 Å². The quantitative estimate of drug-likeness (QED) is 0.783. The van der Waals surface area contributed by atoms with Gasteiger partial charge in [-0.3, -0.25) is 0 Å². The summed E-state index contributed by atoms with van der Waals surface area (Å²) in [5, 5.41) is 3.02. The molecule has 1 unspecified atom stereocenters. The Balaban J connectivity index is 2.57. The summed E-state index contributed by atoms with van der Waals surface area (Å²) in [5.41, 5.74) is 6.56. The number of rotatable bonds is 2. The summed E-state index contributed by atoms with van der Waals surface area (Å²) in [6.07, 6.45) is 0. The SMILES string of the molecule is NC(CF)c1csc2ccccc12. The summed E-state index contributed by atoms with van der Waals surface area (Å²) in [7, 11) is 0. The smallest absolute Gasteiger partial charge is 0.109 e. The van der Waals surface area contributed by atoms with E-state index in [0.717, 1.165) is 10.9 Å². The monoisotopic (exact) mass is 195 g/mol. The number of hydrogen-bond acceptors (Lipinski definition) is 2. The van der Waals surface area contributed by atoms with Crippen LogP contribution in [0.4, 0.5) is 4.39 Å². The van der Waals surface area contributed by atoms with Crippen LogP contribution < -0.4 is 5.73 Å². The van der Waals surface area contributed by atoms with Crippen molar-refractivity contribution in [3.8, 4) is 0 Å². The second-order valence-electron chi connectivity index (χ2n) is 2.95. The molecule has 0 saturated heterocycles. The topological polar surface area (TPSA) is 26.0 Å². The van der Waals surface area contributed by atoms with E-state index in [1.54, 1.807) is 11.3 Å². The van der Waals surface area contributed by atoms with Crippen LogP contribution in [0, 0.1) is 0 Å². The Morgan fingerprint density at radius 2 is 2.15 bits per heavy atom. The van der Waals surface area contributed by atoms with Gasteiger partial charge in [0.1, 0.15) is 6.67 Å². The number of fused-ring (bicyclic) bond motifs is 1. The van der Waals surface area contributed by atoms with Gasteiger partial charge in [-0.25, -0.2) is 4.39 Å². The predicted molar refractivity (Wildman–Crippen MR) is 54.7 cm³/mol. The number of alkyl halides is 1. The van der Waals surface area contributed by atoms with Gasteiger partial charge in [-0.05, 0) is 22.4 Å². The van der Waals surface area contributed by atoms with Gasteiger partial charge in [0, 0.05) is 4.70 Å². The Labute approximate surface area is 80.0 Å². The molecule has 2 aromatic rings. The summed E-state index contributed by atoms with van der Waals surface area (Å²) >= 11 is 1.61. The molecule has 0 saturated carbocycles. The van der Waals surface area contributed by atoms with Crippen LogP contribution in [-0.2, 0) is 0 Å². The van der Waals surface area contributed by atoms with Gasteiger partial charge in [0.05, 0.1) is 6.04 Å². The zero-order valence-electron chi connectivity index (χ0n) is 7.03. The molecule has 13 heavy (non-hydrogen) atoms. The first kappa shape index (κ1) is 8.66. The first-order valence-corrected chi connectivity index (χ1v) is 4.98. The first-order valence-electron chi connectivity index (χ1n) is 4.10. The lowest BCUT2D eigenvalue weighted by molar-refractivity contribution is 0.439. The van der Waals surface area contributed by atoms with Crippen LogP contribution >= 0.6 is 11.3 Å². The van der Waals surface area contributed by atoms with Crippen molar-refractivity contribution in [2.24, 2.45) is 5.73 Å². The molecule has 0 spiro atoms. The van der Waals surface area contributed by atoms with Gasteiger partial charge in [0.15, 0.2) is 0 Å². The molecular formula is C10H10FNS. The van der Waals surface area contributed by atoms with Crippen LogP contribution in [-0.4, -0.2) is 6.67 Å². The van der Waals surface area contributed by atoms with E-state index in [4.69, 9.17) is 5.73 Å². The van der Waals surface area contributed by atoms with E-state index in [0.29, 0.717) is 0 Å². The normalized spacial score (nSPS) is 13.4. The van der Waals surface area contributed by atoms with Gasteiger partial charge in [-0.1, -0.05) is 18.2 Å². The summed E-state index contributed by atoms with van der Waals surface area (Å²) in [4.78, 5) is 0. The Kier molecular flexibility index (Phi) is 2.29. The van der Waals surface area contributed by atoms with Crippen LogP contribution in [0.1, 0.15) is 11.6 Å². The average Bonchev–Trinajstić information content (AvgIpc) is 2.60. The zero-order valence-corrected chi connectivity index (χ0v) is 7.85. The minimum absolute atomic E-state index is 0.476. The molecule has 1 atom stereocenters. The minimum Gasteiger partial charge on any atom is -0.322 e. The molecule has 1 nitrogen and oxygen atoms in total. The predicted octanol–water partition coefficient (Wildman–Crippen LogP) is 2.87. The van der Waals surface area contributed by atoms with Crippen LogP contribution in [0.15, 0.2) is 29.6 Å². The average molecular weight is 195 g/mol. The third-order valence-corrected chi connectivity index (χ3v) is 3.06. The minimum atomic E-state index is -0.499. The number of halogens is 1. The third kappa shape index (κ3) is 1.45. The highest BCUT2D eigenvalue weighted by atomic mass is 32.1. The lowest BCUT2D eigenvalue weighted by Gasteiger charge is -2.04. The van der Waals surface area contributed by atoms with Crippen molar-refractivity contribution < 1.29 is 4.39 Å². The van der Waals surface area contributed by atoms with Gasteiger partial charge in [-0.15, -0.1) is 11.3 Å². The molecule has 0 bridgehead atoms. The molecule has 0 aliphatic carbocycles. The maximum absolute atomic E-state index is 12.4. The molecular weight excluding hydrogens is 185 g/mol. The molecule has 3 heteroatoms. The molecule has 2 N–H and O–H groups in total. The number of nitrogens with two attached hydrogens (primary N) is 1. The van der Waals surface area contributed by atoms with Gasteiger partial charge in [0.2, 0.25) is 0 Å². The van der Waals surface area contributed by atoms with Crippen molar-refractivity contribution in [3.05, 3.63) is 35.2 Å². The van der Waals surface area contributed by atoms with Gasteiger partial charge in [0.25, 0.3) is 0 Å². The standard InChI is InChI=1S/C10H10FNS/c11-5-9(12)8-6-13-10-4-2-1-3-7(8)10/h1-4,6,9H,5,12H2. The Morgan fingerprint density at radius 3 is 2.92 bits per heavy atom. The summed E-state index contributed by atoms with van der Waals surface area (Å²) in [6, 6.07) is 7.45. The maximum atomic E-state index is 12.4. The Hall–Kier alpha value is -0.930. The fourth-order valence-electron chi connectivity index (χ4n) is 1.37. The van der Waals surface area contributed by atoms with Gasteiger partial charge < -0.3 is 5.73 Å². The lowest BCUT2D eigenvalue weighted by Crippen LogP contribution is -2.11. The van der Waals surface area contributed by atoms with Crippen LogP contribution in [0.2, 0.25) is 0 Å². The third-order valence-electron chi connectivity index (χ3n) is 2.08. The number of benzene rings is 1. The van der Waals surface area contributed by atoms with Gasteiger partial charge in [-0.2, -0.15) is 0 Å². The molecule has 0 aliphatic heterocycles. The van der Waals surface area contributed by atoms with E-state index in [9.17, 15) is 4.39 Å². The Bertz CT molecular complexity index is 410. The second kappa shape index (κ2) is 3.44. The highest BCUT2D eigenvalue weighted by Crippen LogP contribution is 2.29. The van der Waals surface area contributed by atoms with Crippen molar-refractivity contribution >= 4 is 21.4 Å². The van der Waals surface area contributed by atoms with Crippen LogP contribution in [0.25, 0.3) is 10.1 Å². The first-order chi connectivity index (χ1) is 6.33. The van der Waals surface area contributed by atoms with Crippen molar-refractivity contribution in [2.45, 2.75) is 6.04 Å². The highest BCUT2D eigenvalue weighted by molar-refractivity contribution is 7.17. The highest BCUT2D eigenvalue weighted by Gasteiger charge is 2.10. The fourth-order valence-corrected chi connectivity index (χ4v) is 2.39. The fraction of sp³-hybridized carbons (Fsp3) is 0.200. The Morgan fingerprint density at radius 1 is 1.38 bits per heavy atom. The second-order valence-corrected chi connectivity index (χ2v) is 3.86. The molecule has 0 radical (unpaired) electrons. The number of hydrogen-bond donors (Lipinski definition) is 1. The molecule has 0 fully saturated rings. The molecule has 0 amide bonds.